The van der Waals surface area contributed by atoms with Gasteiger partial charge in [0, 0.05) is 13.3 Å². The van der Waals surface area contributed by atoms with Crippen molar-refractivity contribution in [3.63, 3.8) is 0 Å². The molecule has 0 heterocycles. The lowest BCUT2D eigenvalue weighted by Gasteiger charge is -2.24. The Bertz CT molecular complexity index is 871. The van der Waals surface area contributed by atoms with Crippen LogP contribution in [0.25, 0.3) is 0 Å². The number of carbonyl (C=O) groups is 4. The molecule has 6 N–H and O–H groups in total. The Hall–Kier alpha value is -3.66. The number of nitrogens with one attached hydrogen (secondary N) is 3. The van der Waals surface area contributed by atoms with Gasteiger partial charge in [0.1, 0.15) is 30.5 Å². The van der Waals surface area contributed by atoms with Crippen LogP contribution in [0, 0.1) is 0 Å². The minimum Gasteiger partial charge on any atom is -0.490 e. The van der Waals surface area contributed by atoms with E-state index >= 15 is 0 Å². The average molecular weight is 489 g/mol. The molecule has 10 heteroatoms. The SMILES string of the molecule is C=CCOc1ccc(C[C@H](NC(C)=O)C(=O)N[C@@H](CCCCN)C(=O)N[C@@H](CC=C)C(=O)O)cc1. The number of hydrogen-bond acceptors (Lipinski definition) is 6. The number of carbonyl (C=O) groups excluding carboxylic acids is 3. The predicted molar refractivity (Wildman–Crippen MR) is 133 cm³/mol. The number of ether oxygens (including phenoxy) is 1. The van der Waals surface area contributed by atoms with Gasteiger partial charge in [-0.15, -0.1) is 6.58 Å². The zero-order valence-corrected chi connectivity index (χ0v) is 20.1. The van der Waals surface area contributed by atoms with Gasteiger partial charge in [-0.2, -0.15) is 0 Å². The van der Waals surface area contributed by atoms with Crippen molar-refractivity contribution in [3.8, 4) is 5.75 Å². The Morgan fingerprint density at radius 3 is 2.14 bits per heavy atom. The molecule has 0 radical (unpaired) electrons. The molecule has 3 amide bonds. The first kappa shape index (κ1) is 29.4. The predicted octanol–water partition coefficient (Wildman–Crippen LogP) is 1.06. The van der Waals surface area contributed by atoms with Gasteiger partial charge in [0.25, 0.3) is 0 Å². The number of aliphatic carboxylic acids is 1. The van der Waals surface area contributed by atoms with Gasteiger partial charge in [-0.05, 0) is 49.9 Å². The van der Waals surface area contributed by atoms with Gasteiger partial charge in [-0.3, -0.25) is 14.4 Å². The molecule has 0 fully saturated rings. The highest BCUT2D eigenvalue weighted by Gasteiger charge is 2.28. The number of carboxylic acid groups (broad SMARTS) is 1. The summed E-state index contributed by atoms with van der Waals surface area (Å²) in [6, 6.07) is 3.94. The summed E-state index contributed by atoms with van der Waals surface area (Å²) >= 11 is 0. The largest absolute Gasteiger partial charge is 0.490 e. The Balaban J connectivity index is 2.98. The molecule has 3 atom stereocenters. The summed E-state index contributed by atoms with van der Waals surface area (Å²) in [6.45, 7) is 9.17. The maximum Gasteiger partial charge on any atom is 0.326 e. The van der Waals surface area contributed by atoms with Gasteiger partial charge in [0.15, 0.2) is 0 Å². The minimum absolute atomic E-state index is 0.0333. The molecule has 0 bridgehead atoms. The van der Waals surface area contributed by atoms with Crippen molar-refractivity contribution < 1.29 is 29.0 Å². The molecule has 0 spiro atoms. The summed E-state index contributed by atoms with van der Waals surface area (Å²) < 4.78 is 5.45. The van der Waals surface area contributed by atoms with Gasteiger partial charge in [0.05, 0.1) is 0 Å². The monoisotopic (exact) mass is 488 g/mol. The molecule has 0 aliphatic heterocycles. The highest BCUT2D eigenvalue weighted by Crippen LogP contribution is 2.14. The number of hydrogen-bond donors (Lipinski definition) is 5. The highest BCUT2D eigenvalue weighted by atomic mass is 16.5. The van der Waals surface area contributed by atoms with Crippen molar-refractivity contribution in [1.82, 2.24) is 16.0 Å². The molecule has 0 unspecified atom stereocenters. The van der Waals surface area contributed by atoms with Gasteiger partial charge < -0.3 is 31.5 Å². The third-order valence-corrected chi connectivity index (χ3v) is 5.02. The van der Waals surface area contributed by atoms with E-state index in [4.69, 9.17) is 10.5 Å². The first-order valence-electron chi connectivity index (χ1n) is 11.5. The van der Waals surface area contributed by atoms with E-state index in [0.29, 0.717) is 31.7 Å². The van der Waals surface area contributed by atoms with Crippen molar-refractivity contribution in [2.45, 2.75) is 57.2 Å². The van der Waals surface area contributed by atoms with Crippen molar-refractivity contribution >= 4 is 23.7 Å². The number of benzene rings is 1. The van der Waals surface area contributed by atoms with Gasteiger partial charge in [-0.25, -0.2) is 4.79 Å². The summed E-state index contributed by atoms with van der Waals surface area (Å²) in [7, 11) is 0. The number of unbranched alkanes of at least 4 members (excludes halogenated alkanes) is 1. The first-order valence-corrected chi connectivity index (χ1v) is 11.5. The number of nitrogens with two attached hydrogens (primary N) is 1. The summed E-state index contributed by atoms with van der Waals surface area (Å²) in [5.74, 6) is -2.16. The lowest BCUT2D eigenvalue weighted by Crippen LogP contribution is -2.56. The van der Waals surface area contributed by atoms with Crippen LogP contribution in [0.15, 0.2) is 49.6 Å². The quantitative estimate of drug-likeness (QED) is 0.162. The van der Waals surface area contributed by atoms with Crippen LogP contribution in [0.5, 0.6) is 5.75 Å². The molecular weight excluding hydrogens is 452 g/mol. The first-order chi connectivity index (χ1) is 16.7. The average Bonchev–Trinajstić information content (AvgIpc) is 2.81. The standard InChI is InChI=1S/C25H36N4O6/c1-4-8-21(25(33)34)29-23(31)20(9-6-7-14-26)28-24(32)22(27-17(3)30)16-18-10-12-19(13-11-18)35-15-5-2/h4-5,10-13,20-22H,1-2,6-9,14-16,26H2,3H3,(H,27,30)(H,28,32)(H,29,31)(H,33,34)/t20-,21-,22-/m0/s1. The van der Waals surface area contributed by atoms with E-state index in [0.717, 1.165) is 5.56 Å². The molecule has 10 nitrogen and oxygen atoms in total. The number of carboxylic acids is 1. The second-order valence-electron chi connectivity index (χ2n) is 7.97. The normalized spacial score (nSPS) is 13.0. The Labute approximate surface area is 206 Å². The number of rotatable bonds is 17. The van der Waals surface area contributed by atoms with Crippen LogP contribution in [0.4, 0.5) is 0 Å². The molecule has 0 saturated carbocycles. The number of amides is 3. The zero-order chi connectivity index (χ0) is 26.2. The minimum atomic E-state index is -1.21. The Morgan fingerprint density at radius 2 is 1.60 bits per heavy atom. The molecule has 0 aliphatic rings. The summed E-state index contributed by atoms with van der Waals surface area (Å²) in [4.78, 5) is 49.1. The van der Waals surface area contributed by atoms with Crippen LogP contribution >= 0.6 is 0 Å². The van der Waals surface area contributed by atoms with E-state index < -0.39 is 41.8 Å². The summed E-state index contributed by atoms with van der Waals surface area (Å²) in [5, 5.41) is 17.0. The fourth-order valence-electron chi connectivity index (χ4n) is 3.26. The van der Waals surface area contributed by atoms with E-state index in [1.54, 1.807) is 30.3 Å². The molecule has 0 saturated heterocycles. The maximum absolute atomic E-state index is 13.1. The molecule has 35 heavy (non-hydrogen) atoms. The molecule has 192 valence electrons. The molecule has 1 aromatic carbocycles. The molecular formula is C25H36N4O6. The molecule has 1 rings (SSSR count). The van der Waals surface area contributed by atoms with Crippen LogP contribution < -0.4 is 26.4 Å². The zero-order valence-electron chi connectivity index (χ0n) is 20.1. The lowest BCUT2D eigenvalue weighted by atomic mass is 10.0. The second-order valence-corrected chi connectivity index (χ2v) is 7.97. The van der Waals surface area contributed by atoms with Gasteiger partial charge >= 0.3 is 5.97 Å². The summed E-state index contributed by atoms with van der Waals surface area (Å²) in [5.41, 5.74) is 6.31. The molecule has 0 aromatic heterocycles. The lowest BCUT2D eigenvalue weighted by molar-refractivity contribution is -0.142. The fraction of sp³-hybridized carbons (Fsp3) is 0.440. The van der Waals surface area contributed by atoms with Crippen LogP contribution in [0.3, 0.4) is 0 Å². The van der Waals surface area contributed by atoms with E-state index in [1.807, 2.05) is 0 Å². The second kappa shape index (κ2) is 16.0. The van der Waals surface area contributed by atoms with Crippen LogP contribution in [-0.2, 0) is 25.6 Å². The highest BCUT2D eigenvalue weighted by molar-refractivity contribution is 5.93. The third-order valence-electron chi connectivity index (χ3n) is 5.02. The van der Waals surface area contributed by atoms with Crippen molar-refractivity contribution in [3.05, 3.63) is 55.1 Å². The topological polar surface area (TPSA) is 160 Å². The fourth-order valence-corrected chi connectivity index (χ4v) is 3.26. The van der Waals surface area contributed by atoms with E-state index in [-0.39, 0.29) is 19.3 Å². The molecule has 0 aliphatic carbocycles. The van der Waals surface area contributed by atoms with Crippen molar-refractivity contribution in [2.75, 3.05) is 13.2 Å². The van der Waals surface area contributed by atoms with Crippen LogP contribution in [0.1, 0.15) is 38.2 Å². The summed E-state index contributed by atoms with van der Waals surface area (Å²) in [6.07, 6.45) is 4.67. The van der Waals surface area contributed by atoms with E-state index in [1.165, 1.54) is 13.0 Å². The Morgan fingerprint density at radius 1 is 0.971 bits per heavy atom. The Kier molecular flexibility index (Phi) is 13.5. The van der Waals surface area contributed by atoms with E-state index in [9.17, 15) is 24.3 Å². The van der Waals surface area contributed by atoms with Crippen LogP contribution in [-0.4, -0.2) is 60.1 Å². The van der Waals surface area contributed by atoms with Gasteiger partial charge in [-0.1, -0.05) is 30.9 Å². The molecule has 1 aromatic rings. The van der Waals surface area contributed by atoms with E-state index in [2.05, 4.69) is 29.1 Å². The van der Waals surface area contributed by atoms with Crippen molar-refractivity contribution in [2.24, 2.45) is 5.73 Å². The van der Waals surface area contributed by atoms with Gasteiger partial charge in [0.2, 0.25) is 17.7 Å². The smallest absolute Gasteiger partial charge is 0.326 e. The maximum atomic E-state index is 13.1. The van der Waals surface area contributed by atoms with Crippen LogP contribution in [0.2, 0.25) is 0 Å². The van der Waals surface area contributed by atoms with Crippen molar-refractivity contribution in [1.29, 1.82) is 0 Å². The third kappa shape index (κ3) is 11.3.